The van der Waals surface area contributed by atoms with E-state index in [9.17, 15) is 4.79 Å². The summed E-state index contributed by atoms with van der Waals surface area (Å²) in [5.41, 5.74) is 6.68. The Bertz CT molecular complexity index is 393. The van der Waals surface area contributed by atoms with Crippen molar-refractivity contribution in [3.8, 4) is 0 Å². The Morgan fingerprint density at radius 1 is 1.41 bits per heavy atom. The third-order valence-corrected chi connectivity index (χ3v) is 2.69. The summed E-state index contributed by atoms with van der Waals surface area (Å²) in [6.45, 7) is 4.51. The first-order valence-electron chi connectivity index (χ1n) is 5.34. The third kappa shape index (κ3) is 4.75. The fourth-order valence-electron chi connectivity index (χ4n) is 1.16. The number of nitrogen functional groups attached to an aromatic ring is 1. The number of esters is 1. The van der Waals surface area contributed by atoms with Crippen molar-refractivity contribution in [3.05, 3.63) is 28.2 Å². The average molecular weight is 302 g/mol. The molecule has 17 heavy (non-hydrogen) atoms. The molecule has 0 aliphatic rings. The zero-order valence-corrected chi connectivity index (χ0v) is 11.5. The molecule has 0 aliphatic carbocycles. The van der Waals surface area contributed by atoms with Crippen LogP contribution in [-0.4, -0.2) is 25.3 Å². The molecule has 1 aromatic carbocycles. The van der Waals surface area contributed by atoms with Crippen LogP contribution in [0.5, 0.6) is 0 Å². The summed E-state index contributed by atoms with van der Waals surface area (Å²) in [6, 6.07) is 4.93. The second-order valence-corrected chi connectivity index (χ2v) is 4.65. The second kappa shape index (κ2) is 6.61. The van der Waals surface area contributed by atoms with E-state index in [0.717, 1.165) is 0 Å². The largest absolute Gasteiger partial charge is 0.460 e. The van der Waals surface area contributed by atoms with Crippen molar-refractivity contribution in [1.82, 2.24) is 0 Å². The molecule has 0 spiro atoms. The van der Waals surface area contributed by atoms with E-state index in [1.54, 1.807) is 18.2 Å². The van der Waals surface area contributed by atoms with E-state index in [2.05, 4.69) is 15.9 Å². The van der Waals surface area contributed by atoms with Crippen LogP contribution in [0.2, 0.25) is 0 Å². The number of benzene rings is 1. The average Bonchev–Trinajstić information content (AvgIpc) is 2.27. The Morgan fingerprint density at radius 3 is 2.71 bits per heavy atom. The van der Waals surface area contributed by atoms with Gasteiger partial charge in [0.15, 0.2) is 0 Å². The Labute approximate surface area is 109 Å². The highest BCUT2D eigenvalue weighted by molar-refractivity contribution is 9.10. The first kappa shape index (κ1) is 14.0. The molecule has 4 nitrogen and oxygen atoms in total. The Hall–Kier alpha value is -1.07. The van der Waals surface area contributed by atoms with Gasteiger partial charge in [0.05, 0.1) is 18.3 Å². The van der Waals surface area contributed by atoms with Crippen molar-refractivity contribution < 1.29 is 14.3 Å². The maximum atomic E-state index is 11.6. The molecule has 0 aliphatic heterocycles. The lowest BCUT2D eigenvalue weighted by Gasteiger charge is -2.08. The van der Waals surface area contributed by atoms with E-state index >= 15 is 0 Å². The highest BCUT2D eigenvalue weighted by Crippen LogP contribution is 2.20. The predicted octanol–water partition coefficient (Wildman–Crippen LogP) is 2.61. The molecule has 0 heterocycles. The molecule has 0 aromatic heterocycles. The number of hydrogen-bond acceptors (Lipinski definition) is 4. The molecule has 0 saturated carbocycles. The van der Waals surface area contributed by atoms with Gasteiger partial charge in [-0.1, -0.05) is 0 Å². The normalized spacial score (nSPS) is 10.6. The van der Waals surface area contributed by atoms with Gasteiger partial charge in [-0.05, 0) is 48.0 Å². The van der Waals surface area contributed by atoms with Crippen molar-refractivity contribution in [3.63, 3.8) is 0 Å². The topological polar surface area (TPSA) is 61.5 Å². The number of rotatable bonds is 5. The van der Waals surface area contributed by atoms with Crippen LogP contribution in [0.3, 0.4) is 0 Å². The fraction of sp³-hybridized carbons (Fsp3) is 0.417. The maximum Gasteiger partial charge on any atom is 0.338 e. The van der Waals surface area contributed by atoms with Gasteiger partial charge >= 0.3 is 5.97 Å². The molecule has 0 atom stereocenters. The molecule has 1 aromatic rings. The summed E-state index contributed by atoms with van der Waals surface area (Å²) >= 11 is 3.26. The Kier molecular flexibility index (Phi) is 5.44. The summed E-state index contributed by atoms with van der Waals surface area (Å²) in [7, 11) is 0. The van der Waals surface area contributed by atoms with Crippen LogP contribution in [-0.2, 0) is 9.47 Å². The number of hydrogen-bond donors (Lipinski definition) is 1. The van der Waals surface area contributed by atoms with Crippen molar-refractivity contribution in [2.75, 3.05) is 18.9 Å². The first-order valence-corrected chi connectivity index (χ1v) is 6.13. The number of nitrogens with two attached hydrogens (primary N) is 1. The van der Waals surface area contributed by atoms with Crippen molar-refractivity contribution in [2.24, 2.45) is 0 Å². The van der Waals surface area contributed by atoms with Gasteiger partial charge in [0.1, 0.15) is 6.61 Å². The van der Waals surface area contributed by atoms with E-state index in [1.807, 2.05) is 13.8 Å². The molecule has 94 valence electrons. The summed E-state index contributed by atoms with van der Waals surface area (Å²) in [6.07, 6.45) is 0.138. The van der Waals surface area contributed by atoms with Gasteiger partial charge in [-0.25, -0.2) is 4.79 Å². The number of ether oxygens (including phenoxy) is 2. The second-order valence-electron chi connectivity index (χ2n) is 3.79. The highest BCUT2D eigenvalue weighted by atomic mass is 79.9. The SMILES string of the molecule is CC(C)OCCOC(=O)c1ccc(N)c(Br)c1. The van der Waals surface area contributed by atoms with Crippen LogP contribution in [0.1, 0.15) is 24.2 Å². The summed E-state index contributed by atoms with van der Waals surface area (Å²) in [5, 5.41) is 0. The van der Waals surface area contributed by atoms with Gasteiger partial charge in [-0.2, -0.15) is 0 Å². The van der Waals surface area contributed by atoms with E-state index in [1.165, 1.54) is 0 Å². The van der Waals surface area contributed by atoms with Crippen molar-refractivity contribution >= 4 is 27.6 Å². The molecule has 2 N–H and O–H groups in total. The van der Waals surface area contributed by atoms with E-state index in [4.69, 9.17) is 15.2 Å². The number of halogens is 1. The predicted molar refractivity (Wildman–Crippen MR) is 69.9 cm³/mol. The summed E-state index contributed by atoms with van der Waals surface area (Å²) < 4.78 is 11.0. The van der Waals surface area contributed by atoms with Gasteiger partial charge < -0.3 is 15.2 Å². The standard InChI is InChI=1S/C12H16BrNO3/c1-8(2)16-5-6-17-12(15)9-3-4-11(14)10(13)7-9/h3-4,7-8H,5-6,14H2,1-2H3. The Balaban J connectivity index is 2.44. The minimum atomic E-state index is -0.377. The summed E-state index contributed by atoms with van der Waals surface area (Å²) in [4.78, 5) is 11.6. The minimum Gasteiger partial charge on any atom is -0.460 e. The van der Waals surface area contributed by atoms with Crippen LogP contribution >= 0.6 is 15.9 Å². The van der Waals surface area contributed by atoms with E-state index in [0.29, 0.717) is 22.3 Å². The van der Waals surface area contributed by atoms with Crippen LogP contribution < -0.4 is 5.73 Å². The minimum absolute atomic E-state index is 0.138. The van der Waals surface area contributed by atoms with Gasteiger partial charge in [-0.15, -0.1) is 0 Å². The molecule has 0 amide bonds. The first-order chi connectivity index (χ1) is 8.00. The molecular weight excluding hydrogens is 286 g/mol. The lowest BCUT2D eigenvalue weighted by atomic mass is 10.2. The van der Waals surface area contributed by atoms with Gasteiger partial charge in [0.25, 0.3) is 0 Å². The zero-order chi connectivity index (χ0) is 12.8. The molecular formula is C12H16BrNO3. The number of carbonyl (C=O) groups excluding carboxylic acids is 1. The van der Waals surface area contributed by atoms with Gasteiger partial charge in [0.2, 0.25) is 0 Å². The smallest absolute Gasteiger partial charge is 0.338 e. The maximum absolute atomic E-state index is 11.6. The zero-order valence-electron chi connectivity index (χ0n) is 9.90. The molecule has 1 rings (SSSR count). The van der Waals surface area contributed by atoms with Crippen LogP contribution in [0.25, 0.3) is 0 Å². The molecule has 0 bridgehead atoms. The van der Waals surface area contributed by atoms with E-state index < -0.39 is 0 Å². The number of carbonyl (C=O) groups is 1. The lowest BCUT2D eigenvalue weighted by Crippen LogP contribution is -2.13. The fourth-order valence-corrected chi connectivity index (χ4v) is 1.53. The molecule has 0 fully saturated rings. The van der Waals surface area contributed by atoms with Crippen LogP contribution in [0.4, 0.5) is 5.69 Å². The third-order valence-electron chi connectivity index (χ3n) is 2.00. The van der Waals surface area contributed by atoms with Crippen molar-refractivity contribution in [1.29, 1.82) is 0 Å². The van der Waals surface area contributed by atoms with Gasteiger partial charge in [-0.3, -0.25) is 0 Å². The molecule has 5 heteroatoms. The lowest BCUT2D eigenvalue weighted by molar-refractivity contribution is 0.0177. The van der Waals surface area contributed by atoms with Gasteiger partial charge in [0, 0.05) is 10.2 Å². The summed E-state index contributed by atoms with van der Waals surface area (Å²) in [5.74, 6) is -0.377. The van der Waals surface area contributed by atoms with Crippen molar-refractivity contribution in [2.45, 2.75) is 20.0 Å². The number of anilines is 1. The molecule has 0 unspecified atom stereocenters. The quantitative estimate of drug-likeness (QED) is 0.516. The highest BCUT2D eigenvalue weighted by Gasteiger charge is 2.08. The van der Waals surface area contributed by atoms with E-state index in [-0.39, 0.29) is 18.7 Å². The van der Waals surface area contributed by atoms with Crippen LogP contribution in [0, 0.1) is 0 Å². The van der Waals surface area contributed by atoms with Crippen LogP contribution in [0.15, 0.2) is 22.7 Å². The molecule has 0 saturated heterocycles. The monoisotopic (exact) mass is 301 g/mol. The molecule has 0 radical (unpaired) electrons. The Morgan fingerprint density at radius 2 is 2.12 bits per heavy atom.